The highest BCUT2D eigenvalue weighted by atomic mass is 31.2. The molecule has 99 heavy (non-hydrogen) atoms. The summed E-state index contributed by atoms with van der Waals surface area (Å²) in [5, 5.41) is 10.6. The Morgan fingerprint density at radius 3 is 0.768 bits per heavy atom. The Bertz CT molecular complexity index is 1930. The minimum absolute atomic E-state index is 0.105. The average Bonchev–Trinajstić information content (AvgIpc) is 1.06. The number of esters is 4. The van der Waals surface area contributed by atoms with Crippen molar-refractivity contribution < 1.29 is 80.2 Å². The van der Waals surface area contributed by atoms with Gasteiger partial charge in [0.15, 0.2) is 12.2 Å². The number of ether oxygens (including phenoxy) is 4. The Kier molecular flexibility index (Phi) is 69.0. The van der Waals surface area contributed by atoms with Gasteiger partial charge in [0, 0.05) is 25.7 Å². The van der Waals surface area contributed by atoms with Crippen molar-refractivity contribution in [1.29, 1.82) is 0 Å². The van der Waals surface area contributed by atoms with Crippen LogP contribution in [0.5, 0.6) is 0 Å². The highest BCUT2D eigenvalue weighted by Gasteiger charge is 2.30. The second-order valence-corrected chi connectivity index (χ2v) is 32.7. The van der Waals surface area contributed by atoms with Crippen molar-refractivity contribution in [2.24, 2.45) is 17.8 Å². The van der Waals surface area contributed by atoms with Gasteiger partial charge in [0.25, 0.3) is 0 Å². The standard InChI is InChI=1S/C80H156O17P2/c1-8-11-12-13-14-40-47-54-61-77(82)90-67-75(97-80(85)64-57-50-43-36-35-39-46-53-60-73(7)10-3)69-94-98(86,87)92-65-74(81)66-93-99(88,89)95-70-76(68-91-78(83)62-55-48-41-33-29-25-22-21-24-28-32-38-45-52-59-72(6)9-2)96-79(84)63-56-49-42-34-30-26-20-18-16-15-17-19-23-27-31-37-44-51-58-71(4)5/h71-76,81H,8-70H2,1-7H3,(H,86,87)(H,88,89)/t72?,73?,74-,75+,76+/m0/s1. The van der Waals surface area contributed by atoms with Crippen molar-refractivity contribution in [3.63, 3.8) is 0 Å². The molecule has 19 heteroatoms. The van der Waals surface area contributed by atoms with Crippen LogP contribution in [0.1, 0.15) is 414 Å². The number of aliphatic hydroxyl groups is 1. The van der Waals surface area contributed by atoms with E-state index in [0.29, 0.717) is 25.7 Å². The highest BCUT2D eigenvalue weighted by Crippen LogP contribution is 2.45. The van der Waals surface area contributed by atoms with E-state index in [9.17, 15) is 43.2 Å². The largest absolute Gasteiger partial charge is 0.472 e. The number of carbonyl (C=O) groups excluding carboxylic acids is 4. The molecule has 0 aromatic heterocycles. The molecule has 0 aliphatic carbocycles. The van der Waals surface area contributed by atoms with Crippen LogP contribution in [-0.4, -0.2) is 96.7 Å². The van der Waals surface area contributed by atoms with E-state index in [4.69, 9.17) is 37.0 Å². The van der Waals surface area contributed by atoms with E-state index in [2.05, 4.69) is 48.5 Å². The van der Waals surface area contributed by atoms with Gasteiger partial charge in [-0.1, -0.05) is 363 Å². The number of unbranched alkanes of at least 4 members (excludes halogenated alkanes) is 44. The topological polar surface area (TPSA) is 237 Å². The van der Waals surface area contributed by atoms with E-state index in [1.165, 1.54) is 218 Å². The van der Waals surface area contributed by atoms with Gasteiger partial charge in [-0.3, -0.25) is 37.3 Å². The Labute approximate surface area is 607 Å². The first-order valence-corrected chi connectivity index (χ1v) is 44.4. The smallest absolute Gasteiger partial charge is 0.462 e. The fourth-order valence-electron chi connectivity index (χ4n) is 12.2. The third-order valence-electron chi connectivity index (χ3n) is 19.4. The molecular weight excluding hydrogens is 1290 g/mol. The predicted octanol–water partition coefficient (Wildman–Crippen LogP) is 23.7. The SMILES string of the molecule is CCCCCCCCCCC(=O)OC[C@H](COP(=O)(O)OC[C@H](O)COP(=O)(O)OC[C@@H](COC(=O)CCCCCCCCCCCCCCCCC(C)CC)OC(=O)CCCCCCCCCCCCCCCCCCCCC(C)C)OC(=O)CCCCCCCCCCC(C)CC. The number of hydrogen-bond acceptors (Lipinski definition) is 15. The molecule has 17 nitrogen and oxygen atoms in total. The second kappa shape index (κ2) is 70.4. The van der Waals surface area contributed by atoms with Crippen molar-refractivity contribution in [3.8, 4) is 0 Å². The molecule has 0 aromatic rings. The number of phosphoric ester groups is 2. The van der Waals surface area contributed by atoms with Gasteiger partial charge in [0.2, 0.25) is 0 Å². The van der Waals surface area contributed by atoms with Gasteiger partial charge in [-0.15, -0.1) is 0 Å². The molecule has 3 N–H and O–H groups in total. The summed E-state index contributed by atoms with van der Waals surface area (Å²) in [6.45, 7) is 12.0. The number of phosphoric acid groups is 2. The molecule has 0 fully saturated rings. The van der Waals surface area contributed by atoms with E-state index in [0.717, 1.165) is 114 Å². The van der Waals surface area contributed by atoms with Crippen LogP contribution >= 0.6 is 15.6 Å². The first-order valence-electron chi connectivity index (χ1n) is 41.4. The molecule has 0 spiro atoms. The summed E-state index contributed by atoms with van der Waals surface area (Å²) < 4.78 is 68.6. The number of rotatable bonds is 78. The molecule has 0 aliphatic heterocycles. The van der Waals surface area contributed by atoms with Gasteiger partial charge in [0.05, 0.1) is 26.4 Å². The monoisotopic (exact) mass is 1450 g/mol. The molecule has 4 unspecified atom stereocenters. The fourth-order valence-corrected chi connectivity index (χ4v) is 13.8. The maximum atomic E-state index is 13.1. The molecule has 0 saturated carbocycles. The van der Waals surface area contributed by atoms with Gasteiger partial charge in [-0.05, 0) is 43.4 Å². The maximum Gasteiger partial charge on any atom is 0.472 e. The Hall–Kier alpha value is -1.94. The Morgan fingerprint density at radius 2 is 0.515 bits per heavy atom. The maximum absolute atomic E-state index is 13.1. The summed E-state index contributed by atoms with van der Waals surface area (Å²) in [6.07, 6.45) is 58.3. The van der Waals surface area contributed by atoms with Gasteiger partial charge in [0.1, 0.15) is 19.3 Å². The fraction of sp³-hybridized carbons (Fsp3) is 0.950. The molecule has 0 heterocycles. The molecule has 0 aromatic carbocycles. The van der Waals surface area contributed by atoms with Crippen LogP contribution in [0.4, 0.5) is 0 Å². The van der Waals surface area contributed by atoms with Gasteiger partial charge in [-0.25, -0.2) is 9.13 Å². The Morgan fingerprint density at radius 1 is 0.293 bits per heavy atom. The van der Waals surface area contributed by atoms with Gasteiger partial charge >= 0.3 is 39.5 Å². The van der Waals surface area contributed by atoms with Crippen molar-refractivity contribution >= 4 is 39.5 Å². The van der Waals surface area contributed by atoms with Crippen molar-refractivity contribution in [1.82, 2.24) is 0 Å². The summed E-state index contributed by atoms with van der Waals surface area (Å²) >= 11 is 0. The lowest BCUT2D eigenvalue weighted by Crippen LogP contribution is -2.30. The second-order valence-electron chi connectivity index (χ2n) is 29.8. The minimum Gasteiger partial charge on any atom is -0.462 e. The van der Waals surface area contributed by atoms with E-state index in [-0.39, 0.29) is 25.7 Å². The third-order valence-corrected chi connectivity index (χ3v) is 21.3. The minimum atomic E-state index is -4.96. The molecule has 7 atom stereocenters. The van der Waals surface area contributed by atoms with Crippen LogP contribution in [0.2, 0.25) is 0 Å². The summed E-state index contributed by atoms with van der Waals surface area (Å²) in [4.78, 5) is 72.9. The van der Waals surface area contributed by atoms with E-state index >= 15 is 0 Å². The molecule has 588 valence electrons. The summed E-state index contributed by atoms with van der Waals surface area (Å²) in [7, 11) is -9.91. The zero-order valence-corrected chi connectivity index (χ0v) is 66.8. The van der Waals surface area contributed by atoms with Crippen LogP contribution in [0, 0.1) is 17.8 Å². The highest BCUT2D eigenvalue weighted by molar-refractivity contribution is 7.47. The molecular formula is C80H156O17P2. The summed E-state index contributed by atoms with van der Waals surface area (Å²) in [6, 6.07) is 0. The normalized spacial score (nSPS) is 14.5. The van der Waals surface area contributed by atoms with Gasteiger partial charge < -0.3 is 33.8 Å². The lowest BCUT2D eigenvalue weighted by molar-refractivity contribution is -0.161. The number of carbonyl (C=O) groups is 4. The number of aliphatic hydroxyl groups excluding tert-OH is 1. The summed E-state index contributed by atoms with van der Waals surface area (Å²) in [5.74, 6) is 0.323. The van der Waals surface area contributed by atoms with Gasteiger partial charge in [-0.2, -0.15) is 0 Å². The van der Waals surface area contributed by atoms with Crippen LogP contribution in [0.25, 0.3) is 0 Å². The van der Waals surface area contributed by atoms with E-state index in [1.807, 2.05) is 0 Å². The van der Waals surface area contributed by atoms with Crippen LogP contribution < -0.4 is 0 Å². The van der Waals surface area contributed by atoms with Crippen LogP contribution in [-0.2, 0) is 65.4 Å². The van der Waals surface area contributed by atoms with E-state index < -0.39 is 97.5 Å². The van der Waals surface area contributed by atoms with Crippen LogP contribution in [0.3, 0.4) is 0 Å². The molecule has 0 aliphatic rings. The lowest BCUT2D eigenvalue weighted by atomic mass is 9.99. The first kappa shape index (κ1) is 97.1. The first-order chi connectivity index (χ1) is 47.8. The molecule has 0 bridgehead atoms. The third kappa shape index (κ3) is 71.5. The van der Waals surface area contributed by atoms with Crippen LogP contribution in [0.15, 0.2) is 0 Å². The van der Waals surface area contributed by atoms with E-state index in [1.54, 1.807) is 0 Å². The zero-order valence-electron chi connectivity index (χ0n) is 65.0. The number of hydrogen-bond donors (Lipinski definition) is 3. The molecule has 0 amide bonds. The summed E-state index contributed by atoms with van der Waals surface area (Å²) in [5.41, 5.74) is 0. The lowest BCUT2D eigenvalue weighted by Gasteiger charge is -2.21. The average molecular weight is 1450 g/mol. The zero-order chi connectivity index (χ0) is 73.0. The molecule has 0 rings (SSSR count). The van der Waals surface area contributed by atoms with Crippen molar-refractivity contribution in [2.75, 3.05) is 39.6 Å². The Balaban J connectivity index is 5.19. The quantitative estimate of drug-likeness (QED) is 0.0222. The van der Waals surface area contributed by atoms with Crippen molar-refractivity contribution in [3.05, 3.63) is 0 Å². The predicted molar refractivity (Wildman–Crippen MR) is 405 cm³/mol. The van der Waals surface area contributed by atoms with Crippen molar-refractivity contribution in [2.45, 2.75) is 433 Å². The molecule has 0 saturated heterocycles. The molecule has 0 radical (unpaired) electrons.